The summed E-state index contributed by atoms with van der Waals surface area (Å²) in [5.41, 5.74) is 0. The van der Waals surface area contributed by atoms with Crippen molar-refractivity contribution < 1.29 is 23.8 Å². The van der Waals surface area contributed by atoms with E-state index in [1.807, 2.05) is 12.2 Å². The van der Waals surface area contributed by atoms with E-state index in [0.29, 0.717) is 13.0 Å². The first-order valence-corrected chi connectivity index (χ1v) is 21.5. The molecule has 0 aliphatic heterocycles. The van der Waals surface area contributed by atoms with Crippen LogP contribution in [-0.2, 0) is 23.8 Å². The minimum atomic E-state index is -0.574. The second-order valence-electron chi connectivity index (χ2n) is 13.9. The third-order valence-corrected chi connectivity index (χ3v) is 8.76. The van der Waals surface area contributed by atoms with E-state index in [-0.39, 0.29) is 31.6 Å². The maximum Gasteiger partial charge on any atom is 0.309 e. The molecule has 0 saturated heterocycles. The zero-order valence-electron chi connectivity index (χ0n) is 34.1. The van der Waals surface area contributed by atoms with Crippen molar-refractivity contribution in [2.75, 3.05) is 19.8 Å². The van der Waals surface area contributed by atoms with Gasteiger partial charge in [0.25, 0.3) is 0 Å². The Morgan fingerprint density at radius 2 is 0.923 bits per heavy atom. The molecule has 0 fully saturated rings. The quantitative estimate of drug-likeness (QED) is 0.0360. The van der Waals surface area contributed by atoms with E-state index in [4.69, 9.17) is 14.2 Å². The van der Waals surface area contributed by atoms with Gasteiger partial charge in [0.2, 0.25) is 0 Å². The lowest BCUT2D eigenvalue weighted by Crippen LogP contribution is -2.30. The van der Waals surface area contributed by atoms with E-state index in [2.05, 4.69) is 81.5 Å². The van der Waals surface area contributed by atoms with E-state index in [1.54, 1.807) is 0 Å². The topological polar surface area (TPSA) is 61.8 Å². The summed E-state index contributed by atoms with van der Waals surface area (Å²) in [5.74, 6) is -0.563. The van der Waals surface area contributed by atoms with Crippen molar-refractivity contribution in [2.45, 2.75) is 194 Å². The van der Waals surface area contributed by atoms with Crippen LogP contribution in [-0.4, -0.2) is 37.9 Å². The van der Waals surface area contributed by atoms with Gasteiger partial charge in [0.1, 0.15) is 6.61 Å². The van der Waals surface area contributed by atoms with Crippen molar-refractivity contribution in [3.05, 3.63) is 72.9 Å². The molecule has 52 heavy (non-hydrogen) atoms. The number of carbonyl (C=O) groups is 2. The van der Waals surface area contributed by atoms with Crippen molar-refractivity contribution in [1.29, 1.82) is 0 Å². The molecule has 1 unspecified atom stereocenters. The average Bonchev–Trinajstić information content (AvgIpc) is 3.14. The fourth-order valence-electron chi connectivity index (χ4n) is 5.58. The molecule has 0 aliphatic rings. The summed E-state index contributed by atoms with van der Waals surface area (Å²) in [7, 11) is 0. The summed E-state index contributed by atoms with van der Waals surface area (Å²) in [4.78, 5) is 24.9. The zero-order valence-corrected chi connectivity index (χ0v) is 34.1. The fraction of sp³-hybridized carbons (Fsp3) is 0.702. The molecule has 0 aromatic heterocycles. The molecule has 0 aromatic rings. The molecule has 5 heteroatoms. The number of hydrogen-bond donors (Lipinski definition) is 0. The van der Waals surface area contributed by atoms with Crippen LogP contribution in [0.25, 0.3) is 0 Å². The van der Waals surface area contributed by atoms with Crippen LogP contribution in [0.4, 0.5) is 0 Å². The average molecular weight is 725 g/mol. The lowest BCUT2D eigenvalue weighted by atomic mass is 10.1. The highest BCUT2D eigenvalue weighted by molar-refractivity contribution is 5.71. The van der Waals surface area contributed by atoms with Gasteiger partial charge in [-0.05, 0) is 70.6 Å². The largest absolute Gasteiger partial charge is 0.461 e. The maximum atomic E-state index is 12.5. The number of rotatable bonds is 38. The van der Waals surface area contributed by atoms with Crippen LogP contribution in [0, 0.1) is 0 Å². The summed E-state index contributed by atoms with van der Waals surface area (Å²) < 4.78 is 17.1. The van der Waals surface area contributed by atoms with Gasteiger partial charge in [-0.3, -0.25) is 9.59 Å². The van der Waals surface area contributed by atoms with Gasteiger partial charge >= 0.3 is 11.9 Å². The molecule has 0 rings (SSSR count). The van der Waals surface area contributed by atoms with E-state index in [1.165, 1.54) is 89.9 Å². The summed E-state index contributed by atoms with van der Waals surface area (Å²) in [5, 5.41) is 0. The zero-order chi connectivity index (χ0) is 37.8. The Hall–Kier alpha value is -2.66. The lowest BCUT2D eigenvalue weighted by molar-refractivity contribution is -0.162. The molecule has 0 saturated carbocycles. The third-order valence-electron chi connectivity index (χ3n) is 8.76. The molecule has 0 bridgehead atoms. The molecular formula is C47H80O5. The van der Waals surface area contributed by atoms with Gasteiger partial charge in [0.15, 0.2) is 6.10 Å². The van der Waals surface area contributed by atoms with Gasteiger partial charge in [-0.1, -0.05) is 177 Å². The van der Waals surface area contributed by atoms with Gasteiger partial charge in [0, 0.05) is 13.0 Å². The number of carbonyl (C=O) groups excluding carboxylic acids is 2. The summed E-state index contributed by atoms with van der Waals surface area (Å²) in [6.45, 7) is 7.50. The van der Waals surface area contributed by atoms with E-state index in [0.717, 1.165) is 64.2 Å². The number of esters is 2. The fourth-order valence-corrected chi connectivity index (χ4v) is 5.58. The van der Waals surface area contributed by atoms with Gasteiger partial charge < -0.3 is 14.2 Å². The van der Waals surface area contributed by atoms with Crippen LogP contribution in [0.3, 0.4) is 0 Å². The van der Waals surface area contributed by atoms with Crippen LogP contribution < -0.4 is 0 Å². The molecule has 0 N–H and O–H groups in total. The number of ether oxygens (including phenoxy) is 3. The SMILES string of the molecule is CC/C=C\C/C=C\C/C=C\C/C=C\C/C=C\CC(=O)OCC(COCCCCCCCC/C=C\CCCCCCCC)OC(=O)CCCCCCC. The second-order valence-corrected chi connectivity index (χ2v) is 13.9. The normalized spacial score (nSPS) is 12.9. The second kappa shape index (κ2) is 42.8. The Balaban J connectivity index is 4.22. The number of unbranched alkanes of at least 4 members (excludes halogenated alkanes) is 16. The smallest absolute Gasteiger partial charge is 0.309 e. The molecule has 0 spiro atoms. The summed E-state index contributed by atoms with van der Waals surface area (Å²) in [6, 6.07) is 0. The number of allylic oxidation sites excluding steroid dienone is 11. The maximum absolute atomic E-state index is 12.5. The molecule has 0 radical (unpaired) electrons. The van der Waals surface area contributed by atoms with E-state index in [9.17, 15) is 9.59 Å². The van der Waals surface area contributed by atoms with Crippen LogP contribution in [0.5, 0.6) is 0 Å². The van der Waals surface area contributed by atoms with E-state index < -0.39 is 6.10 Å². The summed E-state index contributed by atoms with van der Waals surface area (Å²) in [6.07, 6.45) is 53.8. The van der Waals surface area contributed by atoms with Gasteiger partial charge in [-0.2, -0.15) is 0 Å². The minimum absolute atomic E-state index is 0.0263. The van der Waals surface area contributed by atoms with Crippen LogP contribution >= 0.6 is 0 Å². The Bertz CT molecular complexity index is 957. The number of hydrogen-bond acceptors (Lipinski definition) is 5. The first-order valence-electron chi connectivity index (χ1n) is 21.5. The Labute approximate surface area is 321 Å². The highest BCUT2D eigenvalue weighted by atomic mass is 16.6. The molecule has 0 aromatic carbocycles. The van der Waals surface area contributed by atoms with Crippen molar-refractivity contribution >= 4 is 11.9 Å². The van der Waals surface area contributed by atoms with E-state index >= 15 is 0 Å². The van der Waals surface area contributed by atoms with Crippen LogP contribution in [0.15, 0.2) is 72.9 Å². The minimum Gasteiger partial charge on any atom is -0.461 e. The van der Waals surface area contributed by atoms with Gasteiger partial charge in [-0.25, -0.2) is 0 Å². The third kappa shape index (κ3) is 40.1. The molecule has 1 atom stereocenters. The molecule has 5 nitrogen and oxygen atoms in total. The van der Waals surface area contributed by atoms with Crippen molar-refractivity contribution in [1.82, 2.24) is 0 Å². The van der Waals surface area contributed by atoms with Crippen molar-refractivity contribution in [3.63, 3.8) is 0 Å². The van der Waals surface area contributed by atoms with Crippen molar-refractivity contribution in [2.24, 2.45) is 0 Å². The van der Waals surface area contributed by atoms with Crippen LogP contribution in [0.2, 0.25) is 0 Å². The molecule has 298 valence electrons. The van der Waals surface area contributed by atoms with Crippen molar-refractivity contribution in [3.8, 4) is 0 Å². The molecule has 0 amide bonds. The highest BCUT2D eigenvalue weighted by Crippen LogP contribution is 2.11. The van der Waals surface area contributed by atoms with Gasteiger partial charge in [-0.15, -0.1) is 0 Å². The predicted octanol–water partition coefficient (Wildman–Crippen LogP) is 14.0. The van der Waals surface area contributed by atoms with Gasteiger partial charge in [0.05, 0.1) is 13.0 Å². The highest BCUT2D eigenvalue weighted by Gasteiger charge is 2.17. The Morgan fingerprint density at radius 1 is 0.462 bits per heavy atom. The monoisotopic (exact) mass is 725 g/mol. The molecule has 0 aliphatic carbocycles. The summed E-state index contributed by atoms with van der Waals surface area (Å²) >= 11 is 0. The predicted molar refractivity (Wildman–Crippen MR) is 224 cm³/mol. The first-order chi connectivity index (χ1) is 25.6. The molecular weight excluding hydrogens is 645 g/mol. The first kappa shape index (κ1) is 49.3. The molecule has 0 heterocycles. The Kier molecular flexibility index (Phi) is 40.6. The standard InChI is InChI=1S/C47H80O5/c1-4-7-10-13-15-17-19-21-23-25-27-29-31-33-36-39-42-50-43-45(52-47(49)41-38-34-12-9-6-3)44-51-46(48)40-37-35-32-30-28-26-24-22-20-18-16-14-11-8-5-2/h8,11,16,18,21-24,28,30,35,37,45H,4-7,9-10,12-15,17,19-20,25-27,29,31-34,36,38-44H2,1-3H3/b11-8-,18-16-,23-21-,24-22-,30-28-,37-35-. The van der Waals surface area contributed by atoms with Crippen LogP contribution in [0.1, 0.15) is 188 Å². The lowest BCUT2D eigenvalue weighted by Gasteiger charge is -2.18. The Morgan fingerprint density at radius 3 is 1.46 bits per heavy atom.